The average Bonchev–Trinajstić information content (AvgIpc) is 2.84. The number of nitrogens with two attached hydrogens (primary N) is 1. The maximum absolute atomic E-state index is 9.80. The van der Waals surface area contributed by atoms with Crippen LogP contribution in [0.3, 0.4) is 0 Å². The molecule has 5 N–H and O–H groups in total. The van der Waals surface area contributed by atoms with Gasteiger partial charge in [-0.2, -0.15) is 0 Å². The lowest BCUT2D eigenvalue weighted by molar-refractivity contribution is -0.0902. The third-order valence-electron chi connectivity index (χ3n) is 3.13. The van der Waals surface area contributed by atoms with Crippen molar-refractivity contribution >= 4 is 25.4 Å². The molecule has 2 unspecified atom stereocenters. The molecule has 0 saturated carbocycles. The Labute approximate surface area is 124 Å². The van der Waals surface area contributed by atoms with Gasteiger partial charge in [-0.15, -0.1) is 12.4 Å². The molecule has 0 saturated heterocycles. The monoisotopic (exact) mass is 302 g/mol. The highest BCUT2D eigenvalue weighted by molar-refractivity contribution is 6.50. The van der Waals surface area contributed by atoms with Crippen LogP contribution in [0.25, 0.3) is 0 Å². The summed E-state index contributed by atoms with van der Waals surface area (Å²) in [5, 5.41) is 27.8. The van der Waals surface area contributed by atoms with Gasteiger partial charge in [-0.05, 0) is 17.1 Å². The van der Waals surface area contributed by atoms with Gasteiger partial charge in [0.2, 0.25) is 6.29 Å². The average molecular weight is 303 g/mol. The minimum absolute atomic E-state index is 0. The van der Waals surface area contributed by atoms with E-state index in [4.69, 9.17) is 25.3 Å². The maximum Gasteiger partial charge on any atom is 0.335 e. The van der Waals surface area contributed by atoms with Crippen molar-refractivity contribution in [2.75, 3.05) is 19.8 Å². The van der Waals surface area contributed by atoms with Gasteiger partial charge in [-0.1, -0.05) is 12.1 Å². The van der Waals surface area contributed by atoms with Crippen molar-refractivity contribution < 1.29 is 24.7 Å². The predicted molar refractivity (Wildman–Crippen MR) is 76.3 cm³/mol. The van der Waals surface area contributed by atoms with Crippen LogP contribution in [0.5, 0.6) is 5.75 Å². The van der Waals surface area contributed by atoms with E-state index in [-0.39, 0.29) is 31.7 Å². The summed E-state index contributed by atoms with van der Waals surface area (Å²) >= 11 is 0. The van der Waals surface area contributed by atoms with Crippen LogP contribution in [0.4, 0.5) is 0 Å². The second kappa shape index (κ2) is 7.83. The highest BCUT2D eigenvalue weighted by Gasteiger charge is 2.28. The van der Waals surface area contributed by atoms with Crippen LogP contribution in [-0.2, 0) is 4.65 Å². The van der Waals surface area contributed by atoms with Crippen LogP contribution < -0.4 is 15.9 Å². The van der Waals surface area contributed by atoms with Crippen molar-refractivity contribution in [1.29, 1.82) is 0 Å². The lowest BCUT2D eigenvalue weighted by Crippen LogP contribution is -2.33. The molecule has 111 valence electrons. The van der Waals surface area contributed by atoms with E-state index < -0.39 is 12.2 Å². The van der Waals surface area contributed by atoms with Gasteiger partial charge in [-0.25, -0.2) is 0 Å². The molecule has 2 atom stereocenters. The molecule has 8 heteroatoms. The molecule has 0 aliphatic carbocycles. The van der Waals surface area contributed by atoms with E-state index in [1.165, 1.54) is 0 Å². The second-order valence-corrected chi connectivity index (χ2v) is 4.37. The van der Waals surface area contributed by atoms with Crippen LogP contribution >= 0.6 is 12.4 Å². The van der Waals surface area contributed by atoms with Gasteiger partial charge in [-0.3, -0.25) is 0 Å². The molecule has 1 aliphatic rings. The van der Waals surface area contributed by atoms with E-state index in [9.17, 15) is 5.11 Å². The summed E-state index contributed by atoms with van der Waals surface area (Å²) in [6.07, 6.45) is -1.49. The number of benzene rings is 1. The van der Waals surface area contributed by atoms with Gasteiger partial charge >= 0.3 is 7.48 Å². The van der Waals surface area contributed by atoms with Crippen LogP contribution in [0.2, 0.25) is 0 Å². The molecule has 1 aromatic carbocycles. The summed E-state index contributed by atoms with van der Waals surface area (Å²) in [6.45, 7) is -0.373. The van der Waals surface area contributed by atoms with Crippen molar-refractivity contribution in [3.05, 3.63) is 23.8 Å². The van der Waals surface area contributed by atoms with Gasteiger partial charge in [0.25, 0.3) is 0 Å². The predicted octanol–water partition coefficient (Wildman–Crippen LogP) is -1.32. The fourth-order valence-electron chi connectivity index (χ4n) is 1.94. The molecule has 0 aromatic heterocycles. The normalized spacial score (nSPS) is 18.1. The summed E-state index contributed by atoms with van der Waals surface area (Å²) < 4.78 is 10.8. The van der Waals surface area contributed by atoms with Crippen molar-refractivity contribution in [3.63, 3.8) is 0 Å². The quantitative estimate of drug-likeness (QED) is 0.384. The molecule has 1 radical (unpaired) electrons. The van der Waals surface area contributed by atoms with E-state index in [0.29, 0.717) is 12.3 Å². The van der Waals surface area contributed by atoms with E-state index in [1.54, 1.807) is 19.6 Å². The number of ether oxygens (including phenoxy) is 1. The summed E-state index contributed by atoms with van der Waals surface area (Å²) in [7, 11) is 1.54. The van der Waals surface area contributed by atoms with E-state index >= 15 is 0 Å². The number of aliphatic hydroxyl groups excluding tert-OH is 3. The topological polar surface area (TPSA) is 105 Å². The summed E-state index contributed by atoms with van der Waals surface area (Å²) in [6, 6.07) is 5.34. The Morgan fingerprint density at radius 1 is 1.35 bits per heavy atom. The first-order valence-corrected chi connectivity index (χ1v) is 6.09. The highest BCUT2D eigenvalue weighted by Crippen LogP contribution is 2.25. The zero-order valence-electron chi connectivity index (χ0n) is 10.8. The maximum atomic E-state index is 9.80. The first kappa shape index (κ1) is 17.2. The summed E-state index contributed by atoms with van der Waals surface area (Å²) in [5.41, 5.74) is 7.22. The van der Waals surface area contributed by atoms with Gasteiger partial charge in [0.05, 0.1) is 25.2 Å². The van der Waals surface area contributed by atoms with Gasteiger partial charge in [0.1, 0.15) is 5.75 Å². The SMILES string of the molecule is Cl.NCC1O[B]c2c(OC(O)C(CO)CO)cccc21. The molecule has 1 aliphatic heterocycles. The smallest absolute Gasteiger partial charge is 0.335 e. The molecule has 1 aromatic rings. The fourth-order valence-corrected chi connectivity index (χ4v) is 1.94. The summed E-state index contributed by atoms with van der Waals surface area (Å²) in [4.78, 5) is 0. The number of aliphatic hydroxyl groups is 3. The molecule has 20 heavy (non-hydrogen) atoms. The van der Waals surface area contributed by atoms with Crippen LogP contribution in [0, 0.1) is 5.92 Å². The van der Waals surface area contributed by atoms with Crippen molar-refractivity contribution in [2.24, 2.45) is 11.7 Å². The molecule has 1 heterocycles. The standard InChI is InChI=1S/C12H17BNO5.ClH/c14-4-10-8-2-1-3-9(11(8)13-19-10)18-12(17)7(5-15)6-16;/h1-3,7,10,12,15-17H,4-6,14H2;1H. The van der Waals surface area contributed by atoms with Gasteiger partial charge < -0.3 is 30.4 Å². The van der Waals surface area contributed by atoms with Crippen LogP contribution in [0.1, 0.15) is 11.7 Å². The first-order chi connectivity index (χ1) is 9.21. The van der Waals surface area contributed by atoms with Crippen LogP contribution in [0.15, 0.2) is 18.2 Å². The number of halogens is 1. The Morgan fingerprint density at radius 3 is 2.65 bits per heavy atom. The minimum Gasteiger partial charge on any atom is -0.465 e. The molecule has 0 fully saturated rings. The lowest BCUT2D eigenvalue weighted by atomic mass is 9.85. The number of hydrogen-bond donors (Lipinski definition) is 4. The highest BCUT2D eigenvalue weighted by atomic mass is 35.5. The lowest BCUT2D eigenvalue weighted by Gasteiger charge is -2.21. The fraction of sp³-hybridized carbons (Fsp3) is 0.500. The molecule has 0 bridgehead atoms. The van der Waals surface area contributed by atoms with Crippen LogP contribution in [-0.4, -0.2) is 48.9 Å². The van der Waals surface area contributed by atoms with E-state index in [1.807, 2.05) is 6.07 Å². The number of hydrogen-bond acceptors (Lipinski definition) is 6. The van der Waals surface area contributed by atoms with Crippen molar-refractivity contribution in [3.8, 4) is 5.75 Å². The molecule has 6 nitrogen and oxygen atoms in total. The number of rotatable bonds is 6. The zero-order chi connectivity index (χ0) is 13.8. The zero-order valence-corrected chi connectivity index (χ0v) is 11.6. The molecular weight excluding hydrogens is 284 g/mol. The molecule has 0 spiro atoms. The van der Waals surface area contributed by atoms with Gasteiger partial charge in [0, 0.05) is 6.54 Å². The Hall–Kier alpha value is -0.825. The Morgan fingerprint density at radius 2 is 2.05 bits per heavy atom. The minimum atomic E-state index is -1.29. The third-order valence-corrected chi connectivity index (χ3v) is 3.13. The molecule has 2 rings (SSSR count). The van der Waals surface area contributed by atoms with E-state index in [0.717, 1.165) is 11.0 Å². The third kappa shape index (κ3) is 3.43. The largest absolute Gasteiger partial charge is 0.465 e. The second-order valence-electron chi connectivity index (χ2n) is 4.37. The van der Waals surface area contributed by atoms with Gasteiger partial charge in [0.15, 0.2) is 0 Å². The summed E-state index contributed by atoms with van der Waals surface area (Å²) in [5.74, 6) is -0.309. The number of fused-ring (bicyclic) bond motifs is 1. The Balaban J connectivity index is 0.00000200. The molecular formula is C12H18BClNO5. The Kier molecular flexibility index (Phi) is 6.74. The van der Waals surface area contributed by atoms with Crippen molar-refractivity contribution in [2.45, 2.75) is 12.4 Å². The Bertz CT molecular complexity index is 432. The first-order valence-electron chi connectivity index (χ1n) is 6.09. The van der Waals surface area contributed by atoms with Crippen molar-refractivity contribution in [1.82, 2.24) is 0 Å². The molecule has 0 amide bonds. The van der Waals surface area contributed by atoms with E-state index in [2.05, 4.69) is 0 Å².